The van der Waals surface area contributed by atoms with Crippen LogP contribution in [0.15, 0.2) is 22.5 Å². The van der Waals surface area contributed by atoms with Crippen LogP contribution in [-0.4, -0.2) is 22.4 Å². The van der Waals surface area contributed by atoms with Gasteiger partial charge in [-0.05, 0) is 36.8 Å². The van der Waals surface area contributed by atoms with Crippen molar-refractivity contribution in [2.24, 2.45) is 0 Å². The Bertz CT molecular complexity index is 595. The average Bonchev–Trinajstić information content (AvgIpc) is 2.81. The lowest BCUT2D eigenvalue weighted by Crippen LogP contribution is -2.14. The van der Waals surface area contributed by atoms with E-state index in [1.165, 1.54) is 34.2 Å². The van der Waals surface area contributed by atoms with Crippen molar-refractivity contribution in [1.82, 2.24) is 10.2 Å². The summed E-state index contributed by atoms with van der Waals surface area (Å²) in [6.45, 7) is 4.11. The normalized spacial score (nSPS) is 10.5. The third kappa shape index (κ3) is 3.78. The summed E-state index contributed by atoms with van der Waals surface area (Å²) in [5.74, 6) is -0.0629. The van der Waals surface area contributed by atoms with Crippen LogP contribution in [0.4, 0.5) is 5.13 Å². The molecule has 0 radical (unpaired) electrons. The predicted molar refractivity (Wildman–Crippen MR) is 79.9 cm³/mol. The second kappa shape index (κ2) is 6.16. The Morgan fingerprint density at radius 1 is 1.32 bits per heavy atom. The molecule has 100 valence electrons. The molecule has 1 amide bonds. The van der Waals surface area contributed by atoms with Crippen LogP contribution in [0.5, 0.6) is 0 Å². The molecule has 4 nitrogen and oxygen atoms in total. The molecular weight excluding hydrogens is 278 g/mol. The largest absolute Gasteiger partial charge is 0.300 e. The van der Waals surface area contributed by atoms with Crippen LogP contribution in [0, 0.1) is 13.8 Å². The molecule has 0 aliphatic heterocycles. The zero-order valence-corrected chi connectivity index (χ0v) is 12.7. The fourth-order valence-corrected chi connectivity index (χ4v) is 2.79. The van der Waals surface area contributed by atoms with Gasteiger partial charge in [0.1, 0.15) is 0 Å². The molecule has 0 unspecified atom stereocenters. The molecule has 1 aromatic heterocycles. The van der Waals surface area contributed by atoms with Crippen molar-refractivity contribution < 1.29 is 4.79 Å². The quantitative estimate of drug-likeness (QED) is 0.695. The van der Waals surface area contributed by atoms with Crippen LogP contribution in [0.1, 0.15) is 16.7 Å². The van der Waals surface area contributed by atoms with Crippen LogP contribution >= 0.6 is 23.1 Å². The first-order valence-corrected chi connectivity index (χ1v) is 7.86. The smallest absolute Gasteiger partial charge is 0.230 e. The molecule has 0 bridgehead atoms. The predicted octanol–water partition coefficient (Wildman–Crippen LogP) is 3.06. The molecule has 6 heteroatoms. The molecule has 19 heavy (non-hydrogen) atoms. The van der Waals surface area contributed by atoms with Gasteiger partial charge in [-0.25, -0.2) is 0 Å². The molecule has 0 atom stereocenters. The number of nitrogens with one attached hydrogen (secondary N) is 1. The SMILES string of the molecule is CSc1nnc(NC(=O)Cc2ccc(C)c(C)c2)s1. The monoisotopic (exact) mass is 293 g/mol. The number of hydrogen-bond acceptors (Lipinski definition) is 5. The highest BCUT2D eigenvalue weighted by atomic mass is 32.2. The number of aromatic nitrogens is 2. The average molecular weight is 293 g/mol. The Labute approximate surface area is 120 Å². The number of carbonyl (C=O) groups excluding carboxylic acids is 1. The fourth-order valence-electron chi connectivity index (χ4n) is 1.61. The molecule has 1 aromatic carbocycles. The van der Waals surface area contributed by atoms with Gasteiger partial charge in [-0.3, -0.25) is 4.79 Å². The molecular formula is C13H15N3OS2. The number of thioether (sulfide) groups is 1. The van der Waals surface area contributed by atoms with Crippen molar-refractivity contribution in [2.75, 3.05) is 11.6 Å². The maximum absolute atomic E-state index is 11.9. The zero-order valence-electron chi connectivity index (χ0n) is 11.1. The van der Waals surface area contributed by atoms with Crippen molar-refractivity contribution in [3.8, 4) is 0 Å². The van der Waals surface area contributed by atoms with Gasteiger partial charge >= 0.3 is 0 Å². The number of aryl methyl sites for hydroxylation is 2. The van der Waals surface area contributed by atoms with Crippen molar-refractivity contribution in [3.63, 3.8) is 0 Å². The second-order valence-electron chi connectivity index (χ2n) is 4.22. The van der Waals surface area contributed by atoms with E-state index in [1.54, 1.807) is 0 Å². The van der Waals surface area contributed by atoms with E-state index in [9.17, 15) is 4.79 Å². The molecule has 2 rings (SSSR count). The van der Waals surface area contributed by atoms with Gasteiger partial charge in [0.2, 0.25) is 11.0 Å². The standard InChI is InChI=1S/C13H15N3OS2/c1-8-4-5-10(6-9(8)2)7-11(17)14-12-15-16-13(18-3)19-12/h4-6H,7H2,1-3H3,(H,14,15,17). The Morgan fingerprint density at radius 2 is 2.11 bits per heavy atom. The summed E-state index contributed by atoms with van der Waals surface area (Å²) in [6.07, 6.45) is 2.29. The molecule has 0 fully saturated rings. The van der Waals surface area contributed by atoms with Gasteiger partial charge in [-0.1, -0.05) is 41.3 Å². The zero-order chi connectivity index (χ0) is 13.8. The van der Waals surface area contributed by atoms with Crippen molar-refractivity contribution in [3.05, 3.63) is 34.9 Å². The van der Waals surface area contributed by atoms with Crippen LogP contribution in [0.25, 0.3) is 0 Å². The number of benzene rings is 1. The van der Waals surface area contributed by atoms with E-state index < -0.39 is 0 Å². The second-order valence-corrected chi connectivity index (χ2v) is 6.25. The van der Waals surface area contributed by atoms with Crippen molar-refractivity contribution >= 4 is 34.1 Å². The highest BCUT2D eigenvalue weighted by Gasteiger charge is 2.09. The van der Waals surface area contributed by atoms with E-state index in [0.717, 1.165) is 9.90 Å². The van der Waals surface area contributed by atoms with E-state index in [0.29, 0.717) is 11.6 Å². The minimum atomic E-state index is -0.0629. The van der Waals surface area contributed by atoms with Gasteiger partial charge in [0.15, 0.2) is 4.34 Å². The van der Waals surface area contributed by atoms with Gasteiger partial charge < -0.3 is 5.32 Å². The van der Waals surface area contributed by atoms with E-state index in [-0.39, 0.29) is 5.91 Å². The van der Waals surface area contributed by atoms with E-state index in [4.69, 9.17) is 0 Å². The first kappa shape index (κ1) is 14.0. The lowest BCUT2D eigenvalue weighted by Gasteiger charge is -2.05. The molecule has 1 N–H and O–H groups in total. The first-order chi connectivity index (χ1) is 9.08. The summed E-state index contributed by atoms with van der Waals surface area (Å²) >= 11 is 2.90. The number of rotatable bonds is 4. The minimum absolute atomic E-state index is 0.0629. The van der Waals surface area contributed by atoms with Gasteiger partial charge in [-0.15, -0.1) is 10.2 Å². The molecule has 0 aliphatic carbocycles. The highest BCUT2D eigenvalue weighted by Crippen LogP contribution is 2.23. The Morgan fingerprint density at radius 3 is 2.74 bits per heavy atom. The van der Waals surface area contributed by atoms with Gasteiger partial charge in [-0.2, -0.15) is 0 Å². The lowest BCUT2D eigenvalue weighted by atomic mass is 10.0. The molecule has 0 spiro atoms. The third-order valence-corrected chi connectivity index (χ3v) is 4.58. The van der Waals surface area contributed by atoms with E-state index >= 15 is 0 Å². The third-order valence-electron chi connectivity index (χ3n) is 2.76. The van der Waals surface area contributed by atoms with Crippen molar-refractivity contribution in [2.45, 2.75) is 24.6 Å². The van der Waals surface area contributed by atoms with Crippen LogP contribution in [0.2, 0.25) is 0 Å². The number of amides is 1. The number of anilines is 1. The highest BCUT2D eigenvalue weighted by molar-refractivity contribution is 8.00. The van der Waals surface area contributed by atoms with E-state index in [2.05, 4.69) is 22.4 Å². The van der Waals surface area contributed by atoms with Crippen molar-refractivity contribution in [1.29, 1.82) is 0 Å². The summed E-state index contributed by atoms with van der Waals surface area (Å²) in [6, 6.07) is 6.06. The summed E-state index contributed by atoms with van der Waals surface area (Å²) in [7, 11) is 0. The molecule has 0 saturated carbocycles. The summed E-state index contributed by atoms with van der Waals surface area (Å²) in [5.41, 5.74) is 3.44. The Balaban J connectivity index is 1.98. The van der Waals surface area contributed by atoms with Crippen LogP contribution in [0.3, 0.4) is 0 Å². The Kier molecular flexibility index (Phi) is 4.55. The fraction of sp³-hybridized carbons (Fsp3) is 0.308. The number of hydrogen-bond donors (Lipinski definition) is 1. The van der Waals surface area contributed by atoms with Crippen LogP contribution < -0.4 is 5.32 Å². The molecule has 0 saturated heterocycles. The summed E-state index contributed by atoms with van der Waals surface area (Å²) < 4.78 is 0.849. The molecule has 2 aromatic rings. The first-order valence-electron chi connectivity index (χ1n) is 5.82. The molecule has 0 aliphatic rings. The van der Waals surface area contributed by atoms with Gasteiger partial charge in [0, 0.05) is 0 Å². The molecule has 1 heterocycles. The summed E-state index contributed by atoms with van der Waals surface area (Å²) in [5, 5.41) is 11.2. The topological polar surface area (TPSA) is 54.9 Å². The van der Waals surface area contributed by atoms with Gasteiger partial charge in [0.05, 0.1) is 6.42 Å². The maximum Gasteiger partial charge on any atom is 0.230 e. The maximum atomic E-state index is 11.9. The Hall–Kier alpha value is -1.40. The van der Waals surface area contributed by atoms with E-state index in [1.807, 2.05) is 31.4 Å². The van der Waals surface area contributed by atoms with Crippen LogP contribution in [-0.2, 0) is 11.2 Å². The minimum Gasteiger partial charge on any atom is -0.300 e. The number of carbonyl (C=O) groups is 1. The number of nitrogens with zero attached hydrogens (tertiary/aromatic N) is 2. The lowest BCUT2D eigenvalue weighted by molar-refractivity contribution is -0.115. The summed E-state index contributed by atoms with van der Waals surface area (Å²) in [4.78, 5) is 11.9. The van der Waals surface area contributed by atoms with Gasteiger partial charge in [0.25, 0.3) is 0 Å².